The number of piperazine rings is 1. The molecular formula is C20H27N3O5S. The van der Waals surface area contributed by atoms with Crippen LogP contribution >= 0.6 is 0 Å². The molecule has 0 N–H and O–H groups in total. The van der Waals surface area contributed by atoms with Gasteiger partial charge in [0, 0.05) is 31.7 Å². The molecule has 0 atom stereocenters. The van der Waals surface area contributed by atoms with Crippen LogP contribution in [0.15, 0.2) is 33.7 Å². The smallest absolute Gasteiger partial charge is 0.254 e. The van der Waals surface area contributed by atoms with Gasteiger partial charge in [-0.3, -0.25) is 4.79 Å². The highest BCUT2D eigenvalue weighted by Crippen LogP contribution is 2.25. The van der Waals surface area contributed by atoms with E-state index in [1.807, 2.05) is 6.07 Å². The number of benzene rings is 1. The highest BCUT2D eigenvalue weighted by molar-refractivity contribution is 7.89. The zero-order valence-electron chi connectivity index (χ0n) is 17.2. The Morgan fingerprint density at radius 1 is 1.21 bits per heavy atom. The van der Waals surface area contributed by atoms with Gasteiger partial charge in [-0.05, 0) is 38.0 Å². The van der Waals surface area contributed by atoms with E-state index in [2.05, 4.69) is 19.0 Å². The summed E-state index contributed by atoms with van der Waals surface area (Å²) in [4.78, 5) is 14.6. The number of hydrogen-bond acceptors (Lipinski definition) is 6. The van der Waals surface area contributed by atoms with E-state index in [0.717, 1.165) is 0 Å². The van der Waals surface area contributed by atoms with Crippen LogP contribution in [0.4, 0.5) is 0 Å². The summed E-state index contributed by atoms with van der Waals surface area (Å²) in [6, 6.07) is 7.10. The normalized spacial score (nSPS) is 15.7. The van der Waals surface area contributed by atoms with E-state index in [1.165, 1.54) is 4.31 Å². The lowest BCUT2D eigenvalue weighted by Gasteiger charge is -2.34. The van der Waals surface area contributed by atoms with Gasteiger partial charge in [0.05, 0.1) is 6.61 Å². The predicted octanol–water partition coefficient (Wildman–Crippen LogP) is 2.47. The van der Waals surface area contributed by atoms with Crippen molar-refractivity contribution in [3.8, 4) is 5.75 Å². The number of sulfonamides is 1. The maximum absolute atomic E-state index is 12.9. The van der Waals surface area contributed by atoms with E-state index in [0.29, 0.717) is 42.6 Å². The summed E-state index contributed by atoms with van der Waals surface area (Å²) in [7, 11) is -3.70. The van der Waals surface area contributed by atoms with Crippen LogP contribution in [0.1, 0.15) is 35.7 Å². The number of hydrogen-bond donors (Lipinski definition) is 0. The summed E-state index contributed by atoms with van der Waals surface area (Å²) < 4.78 is 37.9. The standard InChI is InChI=1S/C20H27N3O5S/c1-14(2)13-27-18-7-5-6-17(12-18)20(24)22-8-10-23(11-9-22)29(25,26)19-15(3)21-28-16(19)4/h5-7,12,14H,8-11,13H2,1-4H3. The third-order valence-electron chi connectivity index (χ3n) is 4.76. The Hall–Kier alpha value is -2.39. The van der Waals surface area contributed by atoms with Crippen molar-refractivity contribution in [1.82, 2.24) is 14.4 Å². The van der Waals surface area contributed by atoms with Gasteiger partial charge in [0.15, 0.2) is 5.76 Å². The van der Waals surface area contributed by atoms with Crippen LogP contribution < -0.4 is 4.74 Å². The molecule has 1 aliphatic rings. The lowest BCUT2D eigenvalue weighted by Crippen LogP contribution is -2.50. The van der Waals surface area contributed by atoms with Crippen molar-refractivity contribution in [2.75, 3.05) is 32.8 Å². The minimum absolute atomic E-state index is 0.118. The molecule has 0 spiro atoms. The van der Waals surface area contributed by atoms with Crippen LogP contribution in [0.2, 0.25) is 0 Å². The molecule has 29 heavy (non-hydrogen) atoms. The Labute approximate surface area is 171 Å². The lowest BCUT2D eigenvalue weighted by molar-refractivity contribution is 0.0697. The second-order valence-corrected chi connectivity index (χ2v) is 9.46. The molecule has 1 saturated heterocycles. The Kier molecular flexibility index (Phi) is 6.28. The fraction of sp³-hybridized carbons (Fsp3) is 0.500. The average Bonchev–Trinajstić information content (AvgIpc) is 3.05. The van der Waals surface area contributed by atoms with Crippen LogP contribution in [0.3, 0.4) is 0 Å². The Morgan fingerprint density at radius 3 is 2.48 bits per heavy atom. The van der Waals surface area contributed by atoms with Gasteiger partial charge < -0.3 is 14.2 Å². The van der Waals surface area contributed by atoms with Crippen molar-refractivity contribution in [3.05, 3.63) is 41.3 Å². The molecule has 1 fully saturated rings. The third kappa shape index (κ3) is 4.62. The molecule has 0 unspecified atom stereocenters. The summed E-state index contributed by atoms with van der Waals surface area (Å²) in [5.74, 6) is 1.19. The topological polar surface area (TPSA) is 93.0 Å². The van der Waals surface area contributed by atoms with Crippen molar-refractivity contribution in [2.45, 2.75) is 32.6 Å². The first kappa shape index (κ1) is 21.3. The van der Waals surface area contributed by atoms with Crippen molar-refractivity contribution in [1.29, 1.82) is 0 Å². The first-order valence-corrected chi connectivity index (χ1v) is 11.1. The number of rotatable bonds is 6. The largest absolute Gasteiger partial charge is 0.493 e. The van der Waals surface area contributed by atoms with Crippen molar-refractivity contribution < 1.29 is 22.5 Å². The molecule has 1 aromatic carbocycles. The summed E-state index contributed by atoms with van der Waals surface area (Å²) in [6.45, 7) is 8.98. The fourth-order valence-electron chi connectivity index (χ4n) is 3.27. The molecule has 158 valence electrons. The van der Waals surface area contributed by atoms with Gasteiger partial charge in [0.25, 0.3) is 5.91 Å². The van der Waals surface area contributed by atoms with Crippen LogP contribution in [0, 0.1) is 19.8 Å². The second kappa shape index (κ2) is 8.54. The Balaban J connectivity index is 1.66. The zero-order chi connectivity index (χ0) is 21.2. The molecule has 1 aromatic heterocycles. The van der Waals surface area contributed by atoms with Crippen molar-refractivity contribution in [2.24, 2.45) is 5.92 Å². The molecule has 0 bridgehead atoms. The molecular weight excluding hydrogens is 394 g/mol. The molecule has 9 heteroatoms. The quantitative estimate of drug-likeness (QED) is 0.711. The monoisotopic (exact) mass is 421 g/mol. The molecule has 0 radical (unpaired) electrons. The third-order valence-corrected chi connectivity index (χ3v) is 6.90. The highest BCUT2D eigenvalue weighted by atomic mass is 32.2. The van der Waals surface area contributed by atoms with Crippen molar-refractivity contribution in [3.63, 3.8) is 0 Å². The highest BCUT2D eigenvalue weighted by Gasteiger charge is 2.34. The van der Waals surface area contributed by atoms with Gasteiger partial charge in [-0.1, -0.05) is 25.1 Å². The summed E-state index contributed by atoms with van der Waals surface area (Å²) in [5.41, 5.74) is 0.882. The van der Waals surface area contributed by atoms with E-state index in [4.69, 9.17) is 9.26 Å². The lowest BCUT2D eigenvalue weighted by atomic mass is 10.1. The molecule has 1 amide bonds. The molecule has 0 saturated carbocycles. The van der Waals surface area contributed by atoms with Gasteiger partial charge in [-0.15, -0.1) is 0 Å². The molecule has 0 aliphatic carbocycles. The number of carbonyl (C=O) groups excluding carboxylic acids is 1. The number of aryl methyl sites for hydroxylation is 2. The summed E-state index contributed by atoms with van der Waals surface area (Å²) >= 11 is 0. The van der Waals surface area contributed by atoms with E-state index in [-0.39, 0.29) is 29.7 Å². The van der Waals surface area contributed by atoms with Gasteiger partial charge >= 0.3 is 0 Å². The van der Waals surface area contributed by atoms with E-state index in [1.54, 1.807) is 36.9 Å². The minimum atomic E-state index is -3.70. The minimum Gasteiger partial charge on any atom is -0.493 e. The maximum Gasteiger partial charge on any atom is 0.254 e. The average molecular weight is 422 g/mol. The zero-order valence-corrected chi connectivity index (χ0v) is 18.0. The van der Waals surface area contributed by atoms with Gasteiger partial charge in [0.2, 0.25) is 10.0 Å². The Bertz CT molecular complexity index is 956. The van der Waals surface area contributed by atoms with Gasteiger partial charge in [-0.25, -0.2) is 8.42 Å². The number of ether oxygens (including phenoxy) is 1. The van der Waals surface area contributed by atoms with E-state index >= 15 is 0 Å². The van der Waals surface area contributed by atoms with E-state index < -0.39 is 10.0 Å². The van der Waals surface area contributed by atoms with Crippen LogP contribution in [0.5, 0.6) is 5.75 Å². The van der Waals surface area contributed by atoms with Crippen molar-refractivity contribution >= 4 is 15.9 Å². The number of aromatic nitrogens is 1. The molecule has 2 aromatic rings. The number of carbonyl (C=O) groups is 1. The second-order valence-electron chi connectivity index (χ2n) is 7.58. The SMILES string of the molecule is Cc1noc(C)c1S(=O)(=O)N1CCN(C(=O)c2cccc(OCC(C)C)c2)CC1. The van der Waals surface area contributed by atoms with Crippen LogP contribution in [-0.4, -0.2) is 61.5 Å². The number of amides is 1. The van der Waals surface area contributed by atoms with Crippen LogP contribution in [0.25, 0.3) is 0 Å². The van der Waals surface area contributed by atoms with Gasteiger partial charge in [-0.2, -0.15) is 4.31 Å². The maximum atomic E-state index is 12.9. The van der Waals surface area contributed by atoms with Crippen LogP contribution in [-0.2, 0) is 10.0 Å². The summed E-state index contributed by atoms with van der Waals surface area (Å²) in [5, 5.41) is 3.74. The van der Waals surface area contributed by atoms with Gasteiger partial charge in [0.1, 0.15) is 16.3 Å². The Morgan fingerprint density at radius 2 is 1.90 bits per heavy atom. The fourth-order valence-corrected chi connectivity index (χ4v) is 4.98. The first-order chi connectivity index (χ1) is 13.7. The predicted molar refractivity (Wildman–Crippen MR) is 107 cm³/mol. The molecule has 2 heterocycles. The molecule has 8 nitrogen and oxygen atoms in total. The number of nitrogens with zero attached hydrogens (tertiary/aromatic N) is 3. The molecule has 3 rings (SSSR count). The molecule has 1 aliphatic heterocycles. The summed E-state index contributed by atoms with van der Waals surface area (Å²) in [6.07, 6.45) is 0. The first-order valence-electron chi connectivity index (χ1n) is 9.65. The van der Waals surface area contributed by atoms with E-state index in [9.17, 15) is 13.2 Å².